The van der Waals surface area contributed by atoms with Crippen LogP contribution in [0.5, 0.6) is 0 Å². The Kier molecular flexibility index (Phi) is 5.73. The van der Waals surface area contributed by atoms with E-state index in [9.17, 15) is 9.59 Å². The Bertz CT molecular complexity index is 759. The fourth-order valence-electron chi connectivity index (χ4n) is 3.61. The van der Waals surface area contributed by atoms with E-state index >= 15 is 0 Å². The highest BCUT2D eigenvalue weighted by Gasteiger charge is 2.32. The Morgan fingerprint density at radius 3 is 2.67 bits per heavy atom. The van der Waals surface area contributed by atoms with Crippen LogP contribution in [0.3, 0.4) is 0 Å². The highest BCUT2D eigenvalue weighted by Crippen LogP contribution is 2.24. The SMILES string of the molecule is N=C(N)c1ccc(C2=NOC(CC(=O)N3CCCCC3CC(=O)O)C2)cc1. The van der Waals surface area contributed by atoms with Crippen molar-refractivity contribution in [2.24, 2.45) is 10.9 Å². The average molecular weight is 372 g/mol. The van der Waals surface area contributed by atoms with E-state index in [0.717, 1.165) is 30.5 Å². The number of carbonyl (C=O) groups is 2. The van der Waals surface area contributed by atoms with Gasteiger partial charge in [0.05, 0.1) is 18.6 Å². The van der Waals surface area contributed by atoms with Gasteiger partial charge in [0.25, 0.3) is 0 Å². The molecule has 2 aliphatic heterocycles. The van der Waals surface area contributed by atoms with Gasteiger partial charge in [-0.2, -0.15) is 0 Å². The second-order valence-electron chi connectivity index (χ2n) is 7.00. The maximum Gasteiger partial charge on any atom is 0.305 e. The molecule has 0 radical (unpaired) electrons. The summed E-state index contributed by atoms with van der Waals surface area (Å²) < 4.78 is 0. The predicted octanol–water partition coefficient (Wildman–Crippen LogP) is 1.71. The van der Waals surface area contributed by atoms with E-state index in [-0.39, 0.29) is 36.7 Å². The molecule has 1 aromatic rings. The van der Waals surface area contributed by atoms with E-state index in [0.29, 0.717) is 18.5 Å². The molecule has 0 aliphatic carbocycles. The molecule has 2 unspecified atom stereocenters. The van der Waals surface area contributed by atoms with Crippen LogP contribution in [0.4, 0.5) is 0 Å². The molecule has 8 nitrogen and oxygen atoms in total. The summed E-state index contributed by atoms with van der Waals surface area (Å²) in [5.41, 5.74) is 7.72. The number of rotatable bonds is 6. The highest BCUT2D eigenvalue weighted by atomic mass is 16.6. The molecule has 1 aromatic carbocycles. The number of nitrogens with two attached hydrogens (primary N) is 1. The van der Waals surface area contributed by atoms with Crippen molar-refractivity contribution in [3.8, 4) is 0 Å². The van der Waals surface area contributed by atoms with E-state index in [1.54, 1.807) is 17.0 Å². The summed E-state index contributed by atoms with van der Waals surface area (Å²) in [6.07, 6.45) is 2.93. The molecular weight excluding hydrogens is 348 g/mol. The number of carboxylic acids is 1. The van der Waals surface area contributed by atoms with Crippen LogP contribution in [0.25, 0.3) is 0 Å². The van der Waals surface area contributed by atoms with Gasteiger partial charge in [0.2, 0.25) is 5.91 Å². The van der Waals surface area contributed by atoms with Crippen LogP contribution in [0.2, 0.25) is 0 Å². The van der Waals surface area contributed by atoms with Crippen molar-refractivity contribution in [3.63, 3.8) is 0 Å². The lowest BCUT2D eigenvalue weighted by molar-refractivity contribution is -0.143. The quantitative estimate of drug-likeness (QED) is 0.517. The molecule has 8 heteroatoms. The maximum atomic E-state index is 12.7. The van der Waals surface area contributed by atoms with Gasteiger partial charge in [-0.1, -0.05) is 29.4 Å². The van der Waals surface area contributed by atoms with Crippen molar-refractivity contribution < 1.29 is 19.5 Å². The van der Waals surface area contributed by atoms with Gasteiger partial charge >= 0.3 is 5.97 Å². The van der Waals surface area contributed by atoms with Gasteiger partial charge in [-0.3, -0.25) is 15.0 Å². The maximum absolute atomic E-state index is 12.7. The molecule has 0 saturated carbocycles. The summed E-state index contributed by atoms with van der Waals surface area (Å²) in [4.78, 5) is 30.8. The zero-order valence-electron chi connectivity index (χ0n) is 15.1. The zero-order chi connectivity index (χ0) is 19.4. The fourth-order valence-corrected chi connectivity index (χ4v) is 3.61. The lowest BCUT2D eigenvalue weighted by Gasteiger charge is -2.35. The van der Waals surface area contributed by atoms with E-state index < -0.39 is 5.97 Å². The average Bonchev–Trinajstić information content (AvgIpc) is 3.10. The van der Waals surface area contributed by atoms with Crippen molar-refractivity contribution in [1.82, 2.24) is 4.90 Å². The zero-order valence-corrected chi connectivity index (χ0v) is 15.1. The highest BCUT2D eigenvalue weighted by molar-refractivity contribution is 6.02. The smallest absolute Gasteiger partial charge is 0.305 e. The van der Waals surface area contributed by atoms with Crippen LogP contribution in [0, 0.1) is 5.41 Å². The number of nitrogens with zero attached hydrogens (tertiary/aromatic N) is 2. The first kappa shape index (κ1) is 18.9. The van der Waals surface area contributed by atoms with Crippen LogP contribution in [0.15, 0.2) is 29.4 Å². The third kappa shape index (κ3) is 4.64. The minimum Gasteiger partial charge on any atom is -0.481 e. The molecule has 3 rings (SSSR count). The normalized spacial score (nSPS) is 22.1. The number of aliphatic carboxylic acids is 1. The van der Waals surface area contributed by atoms with Crippen LogP contribution < -0.4 is 5.73 Å². The number of amides is 1. The summed E-state index contributed by atoms with van der Waals surface area (Å²) in [7, 11) is 0. The van der Waals surface area contributed by atoms with Crippen molar-refractivity contribution in [1.29, 1.82) is 5.41 Å². The first-order valence-corrected chi connectivity index (χ1v) is 9.13. The summed E-state index contributed by atoms with van der Waals surface area (Å²) in [6, 6.07) is 6.93. The molecule has 1 saturated heterocycles. The molecule has 2 aliphatic rings. The Balaban J connectivity index is 1.57. The molecule has 1 amide bonds. The summed E-state index contributed by atoms with van der Waals surface area (Å²) >= 11 is 0. The minimum atomic E-state index is -0.878. The third-order valence-electron chi connectivity index (χ3n) is 5.02. The number of amidine groups is 1. The molecule has 27 heavy (non-hydrogen) atoms. The monoisotopic (exact) mass is 372 g/mol. The van der Waals surface area contributed by atoms with Gasteiger partial charge in [0, 0.05) is 24.6 Å². The summed E-state index contributed by atoms with van der Waals surface area (Å²) in [5.74, 6) is -0.946. The van der Waals surface area contributed by atoms with Crippen LogP contribution >= 0.6 is 0 Å². The summed E-state index contributed by atoms with van der Waals surface area (Å²) in [5, 5.41) is 20.6. The topological polar surface area (TPSA) is 129 Å². The summed E-state index contributed by atoms with van der Waals surface area (Å²) in [6.45, 7) is 0.601. The Morgan fingerprint density at radius 1 is 1.26 bits per heavy atom. The number of carbonyl (C=O) groups excluding carboxylic acids is 1. The lowest BCUT2D eigenvalue weighted by atomic mass is 9.97. The predicted molar refractivity (Wildman–Crippen MR) is 99.7 cm³/mol. The molecule has 0 aromatic heterocycles. The van der Waals surface area contributed by atoms with Crippen LogP contribution in [0.1, 0.15) is 49.7 Å². The largest absolute Gasteiger partial charge is 0.481 e. The number of benzene rings is 1. The molecular formula is C19H24N4O4. The molecule has 2 heterocycles. The van der Waals surface area contributed by atoms with Gasteiger partial charge < -0.3 is 20.6 Å². The number of carboxylic acid groups (broad SMARTS) is 1. The second kappa shape index (κ2) is 8.20. The number of nitrogen functional groups attached to an aromatic ring is 1. The van der Waals surface area contributed by atoms with Crippen molar-refractivity contribution >= 4 is 23.4 Å². The van der Waals surface area contributed by atoms with Gasteiger partial charge in [0.1, 0.15) is 11.9 Å². The number of nitrogens with one attached hydrogen (secondary N) is 1. The Labute approximate surface area is 157 Å². The van der Waals surface area contributed by atoms with E-state index in [4.69, 9.17) is 21.1 Å². The molecule has 4 N–H and O–H groups in total. The Hall–Kier alpha value is -2.90. The van der Waals surface area contributed by atoms with Gasteiger partial charge in [-0.15, -0.1) is 0 Å². The minimum absolute atomic E-state index is 0.00656. The number of oxime groups is 1. The lowest BCUT2D eigenvalue weighted by Crippen LogP contribution is -2.45. The van der Waals surface area contributed by atoms with E-state index in [2.05, 4.69) is 5.16 Å². The van der Waals surface area contributed by atoms with E-state index in [1.807, 2.05) is 12.1 Å². The van der Waals surface area contributed by atoms with Gasteiger partial charge in [-0.05, 0) is 24.8 Å². The third-order valence-corrected chi connectivity index (χ3v) is 5.02. The molecule has 144 valence electrons. The molecule has 2 atom stereocenters. The van der Waals surface area contributed by atoms with Crippen LogP contribution in [-0.4, -0.2) is 52.1 Å². The van der Waals surface area contributed by atoms with Crippen molar-refractivity contribution in [2.75, 3.05) is 6.54 Å². The first-order valence-electron chi connectivity index (χ1n) is 9.13. The molecule has 0 spiro atoms. The fraction of sp³-hybridized carbons (Fsp3) is 0.474. The van der Waals surface area contributed by atoms with E-state index in [1.165, 1.54) is 0 Å². The number of piperidine rings is 1. The van der Waals surface area contributed by atoms with Crippen molar-refractivity contribution in [3.05, 3.63) is 35.4 Å². The number of hydrogen-bond acceptors (Lipinski definition) is 5. The Morgan fingerprint density at radius 2 is 2.00 bits per heavy atom. The van der Waals surface area contributed by atoms with Gasteiger partial charge in [0.15, 0.2) is 0 Å². The standard InChI is InChI=1S/C19H24N4O4/c20-19(21)13-6-4-12(5-7-13)16-10-15(27-22-16)11-17(24)23-8-2-1-3-14(23)9-18(25)26/h4-7,14-15H,1-3,8-11H2,(H3,20,21)(H,25,26). The molecule has 1 fully saturated rings. The molecule has 0 bridgehead atoms. The van der Waals surface area contributed by atoms with Crippen LogP contribution in [-0.2, 0) is 14.4 Å². The van der Waals surface area contributed by atoms with Crippen molar-refractivity contribution in [2.45, 2.75) is 50.7 Å². The number of likely N-dealkylation sites (tertiary alicyclic amines) is 1. The van der Waals surface area contributed by atoms with Gasteiger partial charge in [-0.25, -0.2) is 0 Å². The second-order valence-corrected chi connectivity index (χ2v) is 7.00. The first-order chi connectivity index (χ1) is 12.9. The number of hydrogen-bond donors (Lipinski definition) is 3.